The summed E-state index contributed by atoms with van der Waals surface area (Å²) in [6, 6.07) is 0. The Balaban J connectivity index is 1.55. The van der Waals surface area contributed by atoms with Crippen LogP contribution < -0.4 is 5.32 Å². The smallest absolute Gasteiger partial charge is 0.0896 e. The molecule has 0 unspecified atom stereocenters. The van der Waals surface area contributed by atoms with Crippen LogP contribution in [0.2, 0.25) is 0 Å². The van der Waals surface area contributed by atoms with E-state index in [0.717, 1.165) is 38.4 Å². The third-order valence-electron chi connectivity index (χ3n) is 4.06. The number of rotatable bonds is 6. The molecule has 1 aliphatic heterocycles. The number of nitrogens with zero attached hydrogens (tertiary/aromatic N) is 3. The molecule has 0 radical (unpaired) electrons. The molecule has 0 aromatic carbocycles. The van der Waals surface area contributed by atoms with Crippen molar-refractivity contribution < 1.29 is 4.74 Å². The predicted molar refractivity (Wildman–Crippen MR) is 83.3 cm³/mol. The van der Waals surface area contributed by atoms with Crippen LogP contribution in [0.5, 0.6) is 0 Å². The minimum absolute atomic E-state index is 0.181. The van der Waals surface area contributed by atoms with Gasteiger partial charge in [0.2, 0.25) is 0 Å². The molecule has 3 rings (SSSR count). The van der Waals surface area contributed by atoms with Crippen LogP contribution in [-0.2, 0) is 17.8 Å². The fourth-order valence-electron chi connectivity index (χ4n) is 2.78. The highest BCUT2D eigenvalue weighted by molar-refractivity contribution is 7.09. The van der Waals surface area contributed by atoms with Gasteiger partial charge in [0.25, 0.3) is 0 Å². The van der Waals surface area contributed by atoms with Crippen molar-refractivity contribution >= 4 is 11.3 Å². The molecule has 6 heteroatoms. The Kier molecular flexibility index (Phi) is 4.67. The van der Waals surface area contributed by atoms with Gasteiger partial charge in [-0.2, -0.15) is 5.10 Å². The first-order valence-corrected chi connectivity index (χ1v) is 8.39. The van der Waals surface area contributed by atoms with Gasteiger partial charge < -0.3 is 10.1 Å². The summed E-state index contributed by atoms with van der Waals surface area (Å²) in [6.45, 7) is 7.78. The number of ether oxygens (including phenoxy) is 1. The fraction of sp³-hybridized carbons (Fsp3) is 0.600. The predicted octanol–water partition coefficient (Wildman–Crippen LogP) is 2.54. The lowest BCUT2D eigenvalue weighted by Gasteiger charge is -2.17. The molecule has 2 atom stereocenters. The average molecular weight is 306 g/mol. The maximum atomic E-state index is 5.92. The van der Waals surface area contributed by atoms with Crippen molar-refractivity contribution in [3.63, 3.8) is 0 Å². The number of hydrogen-bond acceptors (Lipinski definition) is 5. The topological polar surface area (TPSA) is 52.0 Å². The van der Waals surface area contributed by atoms with Gasteiger partial charge in [0.05, 0.1) is 23.5 Å². The van der Waals surface area contributed by atoms with Gasteiger partial charge in [0.15, 0.2) is 0 Å². The molecule has 0 amide bonds. The molecule has 21 heavy (non-hydrogen) atoms. The van der Waals surface area contributed by atoms with E-state index in [9.17, 15) is 0 Å². The van der Waals surface area contributed by atoms with E-state index in [2.05, 4.69) is 35.4 Å². The van der Waals surface area contributed by atoms with Crippen LogP contribution >= 0.6 is 11.3 Å². The zero-order valence-corrected chi connectivity index (χ0v) is 13.4. The Labute approximate surface area is 129 Å². The summed E-state index contributed by atoms with van der Waals surface area (Å²) in [5.41, 5.74) is 4.25. The molecule has 2 aromatic heterocycles. The fourth-order valence-corrected chi connectivity index (χ4v) is 3.52. The van der Waals surface area contributed by atoms with E-state index < -0.39 is 0 Å². The van der Waals surface area contributed by atoms with Crippen LogP contribution in [0.25, 0.3) is 0 Å². The second-order valence-corrected chi connectivity index (χ2v) is 6.40. The Hall–Kier alpha value is -1.24. The second-order valence-electron chi connectivity index (χ2n) is 5.46. The lowest BCUT2D eigenvalue weighted by molar-refractivity contribution is 0.0904. The lowest BCUT2D eigenvalue weighted by Crippen LogP contribution is -2.24. The van der Waals surface area contributed by atoms with Gasteiger partial charge >= 0.3 is 0 Å². The van der Waals surface area contributed by atoms with Gasteiger partial charge in [-0.25, -0.2) is 4.98 Å². The summed E-state index contributed by atoms with van der Waals surface area (Å²) in [5, 5.41) is 7.91. The van der Waals surface area contributed by atoms with Gasteiger partial charge in [0, 0.05) is 48.8 Å². The largest absolute Gasteiger partial charge is 0.373 e. The van der Waals surface area contributed by atoms with E-state index in [1.54, 1.807) is 11.3 Å². The quantitative estimate of drug-likeness (QED) is 0.891. The van der Waals surface area contributed by atoms with Crippen LogP contribution in [0.3, 0.4) is 0 Å². The molecule has 1 saturated heterocycles. The van der Waals surface area contributed by atoms with Crippen molar-refractivity contribution in [1.82, 2.24) is 20.1 Å². The molecule has 114 valence electrons. The van der Waals surface area contributed by atoms with E-state index in [-0.39, 0.29) is 6.10 Å². The zero-order valence-electron chi connectivity index (χ0n) is 12.6. The normalized spacial score (nSPS) is 22.0. The molecule has 2 aromatic rings. The van der Waals surface area contributed by atoms with E-state index in [0.29, 0.717) is 5.92 Å². The SMILES string of the molecule is CCn1cc([C@H]2OCC[C@H]2CNCc2scnc2C)cn1. The van der Waals surface area contributed by atoms with Crippen molar-refractivity contribution in [3.8, 4) is 0 Å². The van der Waals surface area contributed by atoms with E-state index in [1.165, 1.54) is 10.4 Å². The van der Waals surface area contributed by atoms with E-state index in [4.69, 9.17) is 4.74 Å². The Bertz CT molecular complexity index is 580. The van der Waals surface area contributed by atoms with E-state index in [1.807, 2.05) is 16.4 Å². The van der Waals surface area contributed by atoms with Crippen LogP contribution in [0, 0.1) is 12.8 Å². The molecular formula is C15H22N4OS. The number of aryl methyl sites for hydroxylation is 2. The van der Waals surface area contributed by atoms with Gasteiger partial charge in [-0.15, -0.1) is 11.3 Å². The molecular weight excluding hydrogens is 284 g/mol. The minimum atomic E-state index is 0.181. The van der Waals surface area contributed by atoms with Crippen LogP contribution in [-0.4, -0.2) is 27.9 Å². The third kappa shape index (κ3) is 3.33. The molecule has 3 heterocycles. The molecule has 0 aliphatic carbocycles. The summed E-state index contributed by atoms with van der Waals surface area (Å²) < 4.78 is 7.88. The van der Waals surface area contributed by atoms with E-state index >= 15 is 0 Å². The number of hydrogen-bond donors (Lipinski definition) is 1. The van der Waals surface area contributed by atoms with Crippen LogP contribution in [0.15, 0.2) is 17.9 Å². The number of aromatic nitrogens is 3. The number of thiazole rings is 1. The van der Waals surface area contributed by atoms with Gasteiger partial charge in [-0.3, -0.25) is 4.68 Å². The van der Waals surface area contributed by atoms with Crippen molar-refractivity contribution in [1.29, 1.82) is 0 Å². The maximum Gasteiger partial charge on any atom is 0.0896 e. The summed E-state index contributed by atoms with van der Waals surface area (Å²) in [4.78, 5) is 5.61. The summed E-state index contributed by atoms with van der Waals surface area (Å²) in [6.07, 6.45) is 5.34. The Morgan fingerprint density at radius 1 is 1.52 bits per heavy atom. The first-order valence-electron chi connectivity index (χ1n) is 7.51. The molecule has 1 N–H and O–H groups in total. The third-order valence-corrected chi connectivity index (χ3v) is 4.99. The Morgan fingerprint density at radius 2 is 2.43 bits per heavy atom. The second kappa shape index (κ2) is 6.68. The van der Waals surface area contributed by atoms with Crippen molar-refractivity contribution in [2.45, 2.75) is 39.5 Å². The average Bonchev–Trinajstić information content (AvgIpc) is 3.20. The number of nitrogens with one attached hydrogen (secondary N) is 1. The summed E-state index contributed by atoms with van der Waals surface area (Å²) in [5.74, 6) is 0.521. The first-order chi connectivity index (χ1) is 10.3. The summed E-state index contributed by atoms with van der Waals surface area (Å²) >= 11 is 1.72. The maximum absolute atomic E-state index is 5.92. The lowest BCUT2D eigenvalue weighted by atomic mass is 9.97. The molecule has 0 bridgehead atoms. The van der Waals surface area contributed by atoms with Crippen molar-refractivity contribution in [2.24, 2.45) is 5.92 Å². The highest BCUT2D eigenvalue weighted by Crippen LogP contribution is 2.33. The van der Waals surface area contributed by atoms with Gasteiger partial charge in [0.1, 0.15) is 0 Å². The molecule has 1 fully saturated rings. The van der Waals surface area contributed by atoms with Crippen LogP contribution in [0.1, 0.15) is 35.6 Å². The molecule has 1 aliphatic rings. The molecule has 0 saturated carbocycles. The first kappa shape index (κ1) is 14.7. The Morgan fingerprint density at radius 3 is 3.14 bits per heavy atom. The highest BCUT2D eigenvalue weighted by Gasteiger charge is 2.30. The van der Waals surface area contributed by atoms with Crippen LogP contribution in [0.4, 0.5) is 0 Å². The minimum Gasteiger partial charge on any atom is -0.373 e. The van der Waals surface area contributed by atoms with Crippen molar-refractivity contribution in [3.05, 3.63) is 34.0 Å². The monoisotopic (exact) mass is 306 g/mol. The van der Waals surface area contributed by atoms with Gasteiger partial charge in [-0.1, -0.05) is 0 Å². The highest BCUT2D eigenvalue weighted by atomic mass is 32.1. The van der Waals surface area contributed by atoms with Crippen molar-refractivity contribution in [2.75, 3.05) is 13.2 Å². The van der Waals surface area contributed by atoms with Gasteiger partial charge in [-0.05, 0) is 20.3 Å². The summed E-state index contributed by atoms with van der Waals surface area (Å²) in [7, 11) is 0. The molecule has 0 spiro atoms. The zero-order chi connectivity index (χ0) is 14.7. The standard InChI is InChI=1S/C15H22N4OS/c1-3-19-9-13(7-18-19)15-12(4-5-20-15)6-16-8-14-11(2)17-10-21-14/h7,9-10,12,15-16H,3-6,8H2,1-2H3/t12-,15-/m0/s1. The molecule has 5 nitrogen and oxygen atoms in total.